The molecule has 0 aliphatic carbocycles. The van der Waals surface area contributed by atoms with Crippen molar-refractivity contribution in [3.8, 4) is 11.5 Å². The number of anilines is 2. The molecule has 10 heteroatoms. The quantitative estimate of drug-likeness (QED) is 0.580. The van der Waals surface area contributed by atoms with Gasteiger partial charge in [-0.15, -0.1) is 10.2 Å². The lowest BCUT2D eigenvalue weighted by atomic mass is 10.0. The fraction of sp³-hybridized carbons (Fsp3) is 0.480. The molecule has 0 saturated heterocycles. The molecule has 35 heavy (non-hydrogen) atoms. The van der Waals surface area contributed by atoms with Crippen molar-refractivity contribution in [2.24, 2.45) is 0 Å². The summed E-state index contributed by atoms with van der Waals surface area (Å²) in [6.07, 6.45) is 0. The molecule has 2 aliphatic heterocycles. The van der Waals surface area contributed by atoms with Gasteiger partial charge in [0.15, 0.2) is 11.6 Å². The number of aromatic nitrogens is 5. The van der Waals surface area contributed by atoms with Crippen molar-refractivity contribution in [1.82, 2.24) is 30.0 Å². The van der Waals surface area contributed by atoms with Crippen molar-refractivity contribution in [3.63, 3.8) is 0 Å². The maximum Gasteiger partial charge on any atom is 0.260 e. The Morgan fingerprint density at radius 3 is 2.77 bits per heavy atom. The van der Waals surface area contributed by atoms with Crippen molar-refractivity contribution >= 4 is 17.5 Å². The van der Waals surface area contributed by atoms with Crippen LogP contribution in [0.15, 0.2) is 24.3 Å². The van der Waals surface area contributed by atoms with Gasteiger partial charge in [-0.2, -0.15) is 0 Å². The van der Waals surface area contributed by atoms with Crippen LogP contribution in [0.1, 0.15) is 55.1 Å². The molecular formula is C25H32N8O2. The third-order valence-corrected chi connectivity index (χ3v) is 6.73. The molecule has 2 aliphatic rings. The van der Waals surface area contributed by atoms with E-state index in [0.29, 0.717) is 49.2 Å². The first-order valence-electron chi connectivity index (χ1n) is 11.9. The summed E-state index contributed by atoms with van der Waals surface area (Å²) in [5, 5.41) is 11.9. The lowest BCUT2D eigenvalue weighted by Crippen LogP contribution is -2.38. The third-order valence-electron chi connectivity index (χ3n) is 6.73. The van der Waals surface area contributed by atoms with E-state index in [0.717, 1.165) is 22.9 Å². The topological polar surface area (TPSA) is 101 Å². The van der Waals surface area contributed by atoms with Crippen molar-refractivity contribution < 1.29 is 9.53 Å². The molecule has 0 saturated carbocycles. The summed E-state index contributed by atoms with van der Waals surface area (Å²) in [6, 6.07) is 7.84. The van der Waals surface area contributed by atoms with Gasteiger partial charge in [-0.05, 0) is 52.9 Å². The minimum atomic E-state index is -0.295. The fourth-order valence-electron chi connectivity index (χ4n) is 4.66. The number of carbonyl (C=O) groups is 1. The van der Waals surface area contributed by atoms with Gasteiger partial charge in [0.25, 0.3) is 5.91 Å². The molecule has 0 fully saturated rings. The number of nitrogens with one attached hydrogen (secondary N) is 1. The van der Waals surface area contributed by atoms with Crippen LogP contribution in [0.2, 0.25) is 0 Å². The van der Waals surface area contributed by atoms with E-state index >= 15 is 0 Å². The van der Waals surface area contributed by atoms with Gasteiger partial charge >= 0.3 is 0 Å². The summed E-state index contributed by atoms with van der Waals surface area (Å²) in [5.41, 5.74) is 2.88. The monoisotopic (exact) mass is 476 g/mol. The smallest absolute Gasteiger partial charge is 0.260 e. The molecule has 184 valence electrons. The van der Waals surface area contributed by atoms with E-state index < -0.39 is 0 Å². The zero-order valence-electron chi connectivity index (χ0n) is 21.2. The first-order chi connectivity index (χ1) is 16.7. The number of fused-ring (bicyclic) bond motifs is 2. The number of ether oxygens (including phenoxy) is 1. The number of rotatable bonds is 6. The predicted octanol–water partition coefficient (Wildman–Crippen LogP) is 2.72. The molecule has 5 heterocycles. The Morgan fingerprint density at radius 1 is 1.23 bits per heavy atom. The molecule has 0 bridgehead atoms. The van der Waals surface area contributed by atoms with Crippen LogP contribution < -0.4 is 15.1 Å². The van der Waals surface area contributed by atoms with Crippen LogP contribution >= 0.6 is 0 Å². The van der Waals surface area contributed by atoms with E-state index in [1.165, 1.54) is 0 Å². The number of amides is 1. The van der Waals surface area contributed by atoms with E-state index in [2.05, 4.69) is 52.7 Å². The van der Waals surface area contributed by atoms with Crippen LogP contribution in [0, 0.1) is 0 Å². The molecule has 1 amide bonds. The van der Waals surface area contributed by atoms with E-state index in [1.807, 2.05) is 38.4 Å². The van der Waals surface area contributed by atoms with Gasteiger partial charge < -0.3 is 15.0 Å². The van der Waals surface area contributed by atoms with Crippen LogP contribution in [0.5, 0.6) is 0 Å². The molecule has 0 spiro atoms. The molecular weight excluding hydrogens is 444 g/mol. The first kappa shape index (κ1) is 23.4. The zero-order valence-corrected chi connectivity index (χ0v) is 21.2. The van der Waals surface area contributed by atoms with Gasteiger partial charge in [0.2, 0.25) is 0 Å². The second-order valence-electron chi connectivity index (χ2n) is 10.0. The lowest BCUT2D eigenvalue weighted by Gasteiger charge is -2.32. The number of hydrogen-bond acceptors (Lipinski definition) is 8. The first-order valence-corrected chi connectivity index (χ1v) is 11.9. The highest BCUT2D eigenvalue weighted by atomic mass is 16.5. The molecule has 0 aromatic carbocycles. The van der Waals surface area contributed by atoms with Gasteiger partial charge in [-0.25, -0.2) is 9.97 Å². The minimum absolute atomic E-state index is 0.0696. The standard InChI is InChI=1S/C25H32N8O2/c1-15(2)31(6)21-10-16-17(19(28-21)11-26-5)12-32(24(16)34)20-9-7-8-18(27-20)23-30-29-22-13-35-14-25(3,4)33(22)23/h7-10,15,26H,11-14H2,1-6H3. The van der Waals surface area contributed by atoms with Crippen LogP contribution in [0.4, 0.5) is 11.6 Å². The molecule has 10 nitrogen and oxygen atoms in total. The normalized spacial score (nSPS) is 16.5. The van der Waals surface area contributed by atoms with E-state index in [9.17, 15) is 4.79 Å². The van der Waals surface area contributed by atoms with Crippen LogP contribution in [0.25, 0.3) is 11.5 Å². The molecule has 0 atom stereocenters. The van der Waals surface area contributed by atoms with Crippen LogP contribution in [0.3, 0.4) is 0 Å². The number of carbonyl (C=O) groups excluding carboxylic acids is 1. The highest BCUT2D eigenvalue weighted by Crippen LogP contribution is 2.34. The van der Waals surface area contributed by atoms with Gasteiger partial charge in [0, 0.05) is 25.2 Å². The van der Waals surface area contributed by atoms with Crippen LogP contribution in [-0.2, 0) is 30.0 Å². The molecule has 0 unspecified atom stereocenters. The van der Waals surface area contributed by atoms with Crippen molar-refractivity contribution in [2.75, 3.05) is 30.5 Å². The fourth-order valence-corrected chi connectivity index (χ4v) is 4.66. The Kier molecular flexibility index (Phi) is 5.80. The number of nitrogens with zero attached hydrogens (tertiary/aromatic N) is 7. The van der Waals surface area contributed by atoms with Gasteiger partial charge in [-0.1, -0.05) is 6.07 Å². The average molecular weight is 477 g/mol. The molecule has 3 aromatic rings. The Balaban J connectivity index is 1.53. The Hall–Kier alpha value is -3.37. The summed E-state index contributed by atoms with van der Waals surface area (Å²) in [7, 11) is 3.88. The number of hydrogen-bond donors (Lipinski definition) is 1. The van der Waals surface area contributed by atoms with Crippen LogP contribution in [-0.4, -0.2) is 57.4 Å². The maximum atomic E-state index is 13.6. The molecule has 0 radical (unpaired) electrons. The maximum absolute atomic E-state index is 13.6. The average Bonchev–Trinajstić information content (AvgIpc) is 3.41. The largest absolute Gasteiger partial charge is 0.371 e. The highest BCUT2D eigenvalue weighted by Gasteiger charge is 2.35. The third kappa shape index (κ3) is 3.96. The summed E-state index contributed by atoms with van der Waals surface area (Å²) in [6.45, 7) is 10.4. The number of pyridine rings is 2. The second kappa shape index (κ2) is 8.69. The van der Waals surface area contributed by atoms with E-state index in [-0.39, 0.29) is 17.5 Å². The van der Waals surface area contributed by atoms with Crippen molar-refractivity contribution in [1.29, 1.82) is 0 Å². The lowest BCUT2D eigenvalue weighted by molar-refractivity contribution is 0.0190. The van der Waals surface area contributed by atoms with Gasteiger partial charge in [0.1, 0.15) is 23.9 Å². The van der Waals surface area contributed by atoms with Crippen molar-refractivity contribution in [3.05, 3.63) is 46.9 Å². The Bertz CT molecular complexity index is 1280. The summed E-state index contributed by atoms with van der Waals surface area (Å²) in [4.78, 5) is 27.1. The van der Waals surface area contributed by atoms with Crippen molar-refractivity contribution in [2.45, 2.75) is 59.0 Å². The minimum Gasteiger partial charge on any atom is -0.371 e. The second-order valence-corrected chi connectivity index (χ2v) is 10.0. The molecule has 3 aromatic heterocycles. The highest BCUT2D eigenvalue weighted by molar-refractivity contribution is 6.10. The Labute approximate surface area is 205 Å². The molecule has 1 N–H and O–H groups in total. The summed E-state index contributed by atoms with van der Waals surface area (Å²) < 4.78 is 7.77. The summed E-state index contributed by atoms with van der Waals surface area (Å²) >= 11 is 0. The van der Waals surface area contributed by atoms with E-state index in [4.69, 9.17) is 14.7 Å². The van der Waals surface area contributed by atoms with Gasteiger partial charge in [-0.3, -0.25) is 14.3 Å². The zero-order chi connectivity index (χ0) is 24.9. The predicted molar refractivity (Wildman–Crippen MR) is 133 cm³/mol. The Morgan fingerprint density at radius 2 is 2.03 bits per heavy atom. The van der Waals surface area contributed by atoms with Gasteiger partial charge in [0.05, 0.1) is 29.9 Å². The molecule has 5 rings (SSSR count). The summed E-state index contributed by atoms with van der Waals surface area (Å²) in [5.74, 6) is 2.76. The van der Waals surface area contributed by atoms with E-state index in [1.54, 1.807) is 4.90 Å². The SMILES string of the molecule is CNCc1nc(N(C)C(C)C)cc2c1CN(c1cccc(-c3nnc4n3C(C)(C)COC4)n1)C2=O.